The molecule has 0 amide bonds. The Labute approximate surface area is 196 Å². The first-order chi connectivity index (χ1) is 16.3. The molecule has 1 N–H and O–H groups in total. The Balaban J connectivity index is 1.93. The highest BCUT2D eigenvalue weighted by Gasteiger charge is 2.36. The summed E-state index contributed by atoms with van der Waals surface area (Å²) in [6, 6.07) is 7.57. The molecular weight excluding hydrogens is 446 g/mol. The van der Waals surface area contributed by atoms with E-state index in [0.717, 1.165) is 25.7 Å². The fraction of sp³-hybridized carbons (Fsp3) is 0.435. The summed E-state index contributed by atoms with van der Waals surface area (Å²) in [6.07, 6.45) is 1.22. The summed E-state index contributed by atoms with van der Waals surface area (Å²) in [5.41, 5.74) is 1.04. The maximum Gasteiger partial charge on any atom is 0.513 e. The number of carbonyl (C=O) groups excluding carboxylic acids is 2. The molecular formula is C23H25N3O8. The molecule has 1 aromatic rings. The van der Waals surface area contributed by atoms with E-state index >= 15 is 0 Å². The van der Waals surface area contributed by atoms with Gasteiger partial charge in [0.15, 0.2) is 0 Å². The van der Waals surface area contributed by atoms with Gasteiger partial charge in [-0.2, -0.15) is 5.26 Å². The van der Waals surface area contributed by atoms with E-state index in [1.54, 1.807) is 19.9 Å². The molecule has 1 saturated carbocycles. The average Bonchev–Trinajstić information content (AvgIpc) is 3.30. The lowest BCUT2D eigenvalue weighted by Gasteiger charge is -2.30. The second-order valence-corrected chi connectivity index (χ2v) is 7.87. The number of non-ortho nitro benzene ring substituents is 1. The maximum absolute atomic E-state index is 12.6. The summed E-state index contributed by atoms with van der Waals surface area (Å²) in [7, 11) is 0. The predicted molar refractivity (Wildman–Crippen MR) is 117 cm³/mol. The van der Waals surface area contributed by atoms with Crippen LogP contribution in [0.4, 0.5) is 15.3 Å². The smallest absolute Gasteiger partial charge is 0.433 e. The summed E-state index contributed by atoms with van der Waals surface area (Å²) < 4.78 is 21.3. The largest absolute Gasteiger partial charge is 0.513 e. The van der Waals surface area contributed by atoms with Crippen molar-refractivity contribution in [2.24, 2.45) is 0 Å². The quantitative estimate of drug-likeness (QED) is 0.251. The molecule has 1 atom stereocenters. The summed E-state index contributed by atoms with van der Waals surface area (Å²) in [4.78, 5) is 35.6. The first-order valence-corrected chi connectivity index (χ1v) is 10.8. The molecule has 0 spiro atoms. The molecule has 1 fully saturated rings. The number of nitrogens with one attached hydrogen (secondary N) is 1. The molecule has 1 heterocycles. The number of nitriles is 1. The standard InChI is InChI=1S/C23H25N3O8/c1-14-20(33-22(27)31-12-6-11-24)19(16-7-5-8-17(13-16)26(29)30)21(15(2)25-14)34-23(28)32-18-9-3-4-10-18/h5,7-8,13,18-19,25H,3-4,6,9-10,12H2,1-2H3. The SMILES string of the molecule is CC1=C(OC(=O)OCCC#N)C(c2cccc([N+](=O)[O-])c2)C(OC(=O)OC2CCCC2)=C(C)N1. The number of ether oxygens (including phenoxy) is 4. The van der Waals surface area contributed by atoms with Crippen molar-refractivity contribution in [2.75, 3.05) is 6.61 Å². The van der Waals surface area contributed by atoms with Crippen LogP contribution in [0.15, 0.2) is 47.2 Å². The Bertz CT molecular complexity index is 1070. The normalized spacial score (nSPS) is 18.1. The molecule has 0 bridgehead atoms. The van der Waals surface area contributed by atoms with Gasteiger partial charge in [-0.25, -0.2) is 9.59 Å². The molecule has 11 nitrogen and oxygen atoms in total. The highest BCUT2D eigenvalue weighted by molar-refractivity contribution is 5.65. The molecule has 0 radical (unpaired) electrons. The first-order valence-electron chi connectivity index (χ1n) is 10.8. The van der Waals surface area contributed by atoms with Crippen LogP contribution in [0.3, 0.4) is 0 Å². The van der Waals surface area contributed by atoms with E-state index in [4.69, 9.17) is 24.2 Å². The lowest BCUT2D eigenvalue weighted by Crippen LogP contribution is -2.30. The molecule has 3 rings (SSSR count). The third kappa shape index (κ3) is 6.04. The molecule has 1 aromatic carbocycles. The van der Waals surface area contributed by atoms with Gasteiger partial charge >= 0.3 is 12.3 Å². The number of nitrogens with zero attached hydrogens (tertiary/aromatic N) is 2. The van der Waals surface area contributed by atoms with Gasteiger partial charge in [0.05, 0.1) is 28.8 Å². The molecule has 1 unspecified atom stereocenters. The van der Waals surface area contributed by atoms with Crippen LogP contribution in [0.25, 0.3) is 0 Å². The Kier molecular flexibility index (Phi) is 8.08. The Morgan fingerprint density at radius 3 is 2.41 bits per heavy atom. The number of rotatable bonds is 7. The van der Waals surface area contributed by atoms with Crippen molar-refractivity contribution in [1.29, 1.82) is 5.26 Å². The van der Waals surface area contributed by atoms with E-state index in [2.05, 4.69) is 5.32 Å². The van der Waals surface area contributed by atoms with Crippen molar-refractivity contribution >= 4 is 18.0 Å². The molecule has 0 aromatic heterocycles. The molecule has 11 heteroatoms. The Morgan fingerprint density at radius 1 is 1.15 bits per heavy atom. The molecule has 1 aliphatic heterocycles. The van der Waals surface area contributed by atoms with Crippen LogP contribution >= 0.6 is 0 Å². The third-order valence-electron chi connectivity index (χ3n) is 5.44. The summed E-state index contributed by atoms with van der Waals surface area (Å²) >= 11 is 0. The highest BCUT2D eigenvalue weighted by Crippen LogP contribution is 2.40. The van der Waals surface area contributed by atoms with E-state index in [1.807, 2.05) is 6.07 Å². The molecule has 2 aliphatic rings. The van der Waals surface area contributed by atoms with Crippen LogP contribution < -0.4 is 5.32 Å². The fourth-order valence-corrected chi connectivity index (χ4v) is 3.90. The third-order valence-corrected chi connectivity index (χ3v) is 5.44. The van der Waals surface area contributed by atoms with E-state index < -0.39 is 23.2 Å². The van der Waals surface area contributed by atoms with E-state index in [-0.39, 0.29) is 36.3 Å². The van der Waals surface area contributed by atoms with Gasteiger partial charge in [-0.1, -0.05) is 12.1 Å². The van der Waals surface area contributed by atoms with Gasteiger partial charge in [0.2, 0.25) is 0 Å². The zero-order chi connectivity index (χ0) is 24.7. The molecule has 1 aliphatic carbocycles. The number of hydrogen-bond acceptors (Lipinski definition) is 10. The molecule has 180 valence electrons. The minimum atomic E-state index is -1.06. The van der Waals surface area contributed by atoms with Crippen LogP contribution in [-0.2, 0) is 18.9 Å². The summed E-state index contributed by atoms with van der Waals surface area (Å²) in [5, 5.41) is 23.0. The van der Waals surface area contributed by atoms with Crippen molar-refractivity contribution < 1.29 is 33.5 Å². The lowest BCUT2D eigenvalue weighted by atomic mass is 9.90. The second-order valence-electron chi connectivity index (χ2n) is 7.87. The van der Waals surface area contributed by atoms with Crippen LogP contribution in [0.5, 0.6) is 0 Å². The minimum absolute atomic E-state index is 0.0138. The van der Waals surface area contributed by atoms with Crippen LogP contribution in [0.2, 0.25) is 0 Å². The molecule has 0 saturated heterocycles. The minimum Gasteiger partial charge on any atom is -0.433 e. The monoisotopic (exact) mass is 471 g/mol. The molecule has 34 heavy (non-hydrogen) atoms. The first kappa shape index (κ1) is 24.6. The lowest BCUT2D eigenvalue weighted by molar-refractivity contribution is -0.384. The van der Waals surface area contributed by atoms with Gasteiger partial charge in [0.1, 0.15) is 30.1 Å². The topological polar surface area (TPSA) is 150 Å². The van der Waals surface area contributed by atoms with Crippen molar-refractivity contribution in [3.05, 3.63) is 62.9 Å². The van der Waals surface area contributed by atoms with Crippen molar-refractivity contribution in [3.8, 4) is 6.07 Å². The number of nitro benzene ring substituents is 1. The Hall–Kier alpha value is -4.07. The zero-order valence-corrected chi connectivity index (χ0v) is 18.9. The zero-order valence-electron chi connectivity index (χ0n) is 18.9. The summed E-state index contributed by atoms with van der Waals surface area (Å²) in [5.74, 6) is -0.855. The van der Waals surface area contributed by atoms with Gasteiger partial charge in [0.25, 0.3) is 5.69 Å². The van der Waals surface area contributed by atoms with Gasteiger partial charge < -0.3 is 24.3 Å². The number of dihydropyridines is 1. The van der Waals surface area contributed by atoms with Crippen molar-refractivity contribution in [1.82, 2.24) is 5.32 Å². The van der Waals surface area contributed by atoms with Crippen LogP contribution in [-0.4, -0.2) is 29.9 Å². The van der Waals surface area contributed by atoms with Gasteiger partial charge in [-0.05, 0) is 45.1 Å². The van der Waals surface area contributed by atoms with Crippen molar-refractivity contribution in [3.63, 3.8) is 0 Å². The van der Waals surface area contributed by atoms with Crippen molar-refractivity contribution in [2.45, 2.75) is 58.0 Å². The summed E-state index contributed by atoms with van der Waals surface area (Å²) in [6.45, 7) is 3.13. The van der Waals surface area contributed by atoms with Crippen LogP contribution in [0, 0.1) is 21.4 Å². The second kappa shape index (κ2) is 11.2. The predicted octanol–water partition coefficient (Wildman–Crippen LogP) is 4.91. The van der Waals surface area contributed by atoms with Gasteiger partial charge in [-0.15, -0.1) is 0 Å². The fourth-order valence-electron chi connectivity index (χ4n) is 3.90. The van der Waals surface area contributed by atoms with Gasteiger partial charge in [-0.3, -0.25) is 10.1 Å². The number of hydrogen-bond donors (Lipinski definition) is 1. The number of benzene rings is 1. The van der Waals surface area contributed by atoms with Gasteiger partial charge in [0, 0.05) is 12.1 Å². The maximum atomic E-state index is 12.6. The van der Waals surface area contributed by atoms with E-state index in [9.17, 15) is 19.7 Å². The van der Waals surface area contributed by atoms with E-state index in [1.165, 1.54) is 18.2 Å². The number of carbonyl (C=O) groups is 2. The number of nitro groups is 1. The number of allylic oxidation sites excluding steroid dienone is 2. The highest BCUT2D eigenvalue weighted by atomic mass is 16.7. The Morgan fingerprint density at radius 2 is 1.79 bits per heavy atom. The average molecular weight is 471 g/mol. The van der Waals surface area contributed by atoms with E-state index in [0.29, 0.717) is 17.0 Å². The van der Waals surface area contributed by atoms with Crippen LogP contribution in [0.1, 0.15) is 57.4 Å².